The van der Waals surface area contributed by atoms with Crippen LogP contribution in [0.25, 0.3) is 11.5 Å². The minimum absolute atomic E-state index is 0.232. The molecule has 0 amide bonds. The molecule has 0 aliphatic rings. The highest BCUT2D eigenvalue weighted by Crippen LogP contribution is 2.29. The summed E-state index contributed by atoms with van der Waals surface area (Å²) in [7, 11) is 0. The first-order valence-electron chi connectivity index (χ1n) is 6.71. The monoisotopic (exact) mass is 339 g/mol. The Kier molecular flexibility index (Phi) is 4.22. The van der Waals surface area contributed by atoms with E-state index in [4.69, 9.17) is 9.68 Å². The van der Waals surface area contributed by atoms with Crippen molar-refractivity contribution in [1.29, 1.82) is 5.26 Å². The van der Waals surface area contributed by atoms with Crippen LogP contribution in [0.3, 0.4) is 0 Å². The van der Waals surface area contributed by atoms with Crippen LogP contribution in [0.1, 0.15) is 11.3 Å². The van der Waals surface area contributed by atoms with Crippen LogP contribution in [0.4, 0.5) is 5.69 Å². The van der Waals surface area contributed by atoms with Crippen LogP contribution in [0.2, 0.25) is 0 Å². The van der Waals surface area contributed by atoms with Crippen LogP contribution >= 0.6 is 11.8 Å². The minimum atomic E-state index is -0.651. The van der Waals surface area contributed by atoms with Gasteiger partial charge in [0.1, 0.15) is 11.1 Å². The number of hydrogen-bond donors (Lipinski definition) is 0. The lowest BCUT2D eigenvalue weighted by Gasteiger charge is -1.98. The molecule has 0 saturated heterocycles. The summed E-state index contributed by atoms with van der Waals surface area (Å²) in [4.78, 5) is 14.1. The summed E-state index contributed by atoms with van der Waals surface area (Å²) in [6.45, 7) is 1.98. The van der Waals surface area contributed by atoms with Gasteiger partial charge in [0.25, 0.3) is 5.22 Å². The van der Waals surface area contributed by atoms with Crippen molar-refractivity contribution in [3.63, 3.8) is 0 Å². The summed E-state index contributed by atoms with van der Waals surface area (Å²) in [5, 5.41) is 28.2. The molecule has 24 heavy (non-hydrogen) atoms. The number of rotatable bonds is 4. The van der Waals surface area contributed by atoms with Crippen molar-refractivity contribution >= 4 is 17.4 Å². The van der Waals surface area contributed by atoms with Crippen molar-refractivity contribution in [1.82, 2.24) is 15.2 Å². The first kappa shape index (κ1) is 15.6. The van der Waals surface area contributed by atoms with E-state index >= 15 is 0 Å². The predicted octanol–water partition coefficient (Wildman–Crippen LogP) is 3.37. The van der Waals surface area contributed by atoms with E-state index in [-0.39, 0.29) is 16.6 Å². The van der Waals surface area contributed by atoms with Gasteiger partial charge in [0.05, 0.1) is 4.92 Å². The van der Waals surface area contributed by atoms with E-state index < -0.39 is 4.92 Å². The Balaban J connectivity index is 1.84. The van der Waals surface area contributed by atoms with Gasteiger partial charge in [-0.1, -0.05) is 17.7 Å². The molecule has 9 heteroatoms. The fraction of sp³-hybridized carbons (Fsp3) is 0.0667. The normalized spacial score (nSPS) is 10.3. The van der Waals surface area contributed by atoms with E-state index in [1.165, 1.54) is 12.1 Å². The molecule has 118 valence electrons. The second kappa shape index (κ2) is 6.47. The maximum absolute atomic E-state index is 10.8. The maximum atomic E-state index is 10.8. The summed E-state index contributed by atoms with van der Waals surface area (Å²) < 4.78 is 5.55. The molecule has 0 N–H and O–H groups in total. The van der Waals surface area contributed by atoms with Crippen molar-refractivity contribution in [3.05, 3.63) is 57.8 Å². The highest BCUT2D eigenvalue weighted by Gasteiger charge is 2.17. The number of aromatic nitrogens is 3. The summed E-state index contributed by atoms with van der Waals surface area (Å²) in [5.41, 5.74) is 1.30. The second-order valence-corrected chi connectivity index (χ2v) is 5.70. The molecule has 0 bridgehead atoms. The van der Waals surface area contributed by atoms with Crippen molar-refractivity contribution in [2.24, 2.45) is 0 Å². The fourth-order valence-electron chi connectivity index (χ4n) is 1.87. The maximum Gasteiger partial charge on any atom is 0.305 e. The Morgan fingerprint density at radius 2 is 1.96 bits per heavy atom. The highest BCUT2D eigenvalue weighted by atomic mass is 32.2. The largest absolute Gasteiger partial charge is 0.411 e. The van der Waals surface area contributed by atoms with Gasteiger partial charge < -0.3 is 4.42 Å². The molecule has 1 aromatic carbocycles. The van der Waals surface area contributed by atoms with Crippen LogP contribution in [-0.2, 0) is 0 Å². The standard InChI is InChI=1S/C15H9N5O3S/c1-9-2-4-10(5-3-9)14-18-19-15(23-14)24-13-7-6-12(20(21)22)11(8-16)17-13/h2-7H,1H3. The molecule has 0 saturated carbocycles. The molecular weight excluding hydrogens is 330 g/mol. The molecule has 2 heterocycles. The van der Waals surface area contributed by atoms with E-state index in [1.54, 1.807) is 6.07 Å². The van der Waals surface area contributed by atoms with E-state index in [0.717, 1.165) is 22.9 Å². The zero-order valence-electron chi connectivity index (χ0n) is 12.3. The zero-order chi connectivity index (χ0) is 17.1. The topological polar surface area (TPSA) is 119 Å². The average molecular weight is 339 g/mol. The van der Waals surface area contributed by atoms with E-state index in [0.29, 0.717) is 10.9 Å². The molecule has 0 radical (unpaired) electrons. The molecule has 0 aliphatic carbocycles. The van der Waals surface area contributed by atoms with Gasteiger partial charge in [0, 0.05) is 11.6 Å². The average Bonchev–Trinajstić information content (AvgIpc) is 3.03. The summed E-state index contributed by atoms with van der Waals surface area (Å²) in [6, 6.07) is 12.0. The van der Waals surface area contributed by atoms with Gasteiger partial charge in [-0.2, -0.15) is 5.26 Å². The van der Waals surface area contributed by atoms with E-state index in [2.05, 4.69) is 15.2 Å². The van der Waals surface area contributed by atoms with Crippen molar-refractivity contribution in [2.75, 3.05) is 0 Å². The lowest BCUT2D eigenvalue weighted by molar-refractivity contribution is -0.385. The van der Waals surface area contributed by atoms with Gasteiger partial charge in [0.2, 0.25) is 11.6 Å². The lowest BCUT2D eigenvalue weighted by atomic mass is 10.1. The summed E-state index contributed by atoms with van der Waals surface area (Å²) in [5.74, 6) is 0.361. The van der Waals surface area contributed by atoms with E-state index in [1.807, 2.05) is 31.2 Å². The third kappa shape index (κ3) is 3.23. The van der Waals surface area contributed by atoms with Crippen LogP contribution in [-0.4, -0.2) is 20.1 Å². The molecule has 8 nitrogen and oxygen atoms in total. The molecule has 3 rings (SSSR count). The Labute approximate surface area is 140 Å². The molecule has 0 aliphatic heterocycles. The van der Waals surface area contributed by atoms with Crippen molar-refractivity contribution in [2.45, 2.75) is 17.2 Å². The smallest absolute Gasteiger partial charge is 0.305 e. The minimum Gasteiger partial charge on any atom is -0.411 e. The molecule has 0 fully saturated rings. The number of nitrogens with zero attached hydrogens (tertiary/aromatic N) is 5. The van der Waals surface area contributed by atoms with E-state index in [9.17, 15) is 10.1 Å². The van der Waals surface area contributed by atoms with Gasteiger partial charge in [-0.25, -0.2) is 4.98 Å². The summed E-state index contributed by atoms with van der Waals surface area (Å²) >= 11 is 1.03. The van der Waals surface area contributed by atoms with Crippen molar-refractivity contribution in [3.8, 4) is 17.5 Å². The van der Waals surface area contributed by atoms with Gasteiger partial charge in [-0.05, 0) is 36.9 Å². The number of aryl methyl sites for hydroxylation is 1. The van der Waals surface area contributed by atoms with Crippen molar-refractivity contribution < 1.29 is 9.34 Å². The molecule has 0 unspecified atom stereocenters. The van der Waals surface area contributed by atoms with Crippen LogP contribution in [0, 0.1) is 28.4 Å². The van der Waals surface area contributed by atoms with Gasteiger partial charge in [0.15, 0.2) is 0 Å². The number of pyridine rings is 1. The van der Waals surface area contributed by atoms with Gasteiger partial charge >= 0.3 is 5.69 Å². The number of hydrogen-bond acceptors (Lipinski definition) is 8. The molecule has 0 atom stereocenters. The van der Waals surface area contributed by atoms with Crippen LogP contribution < -0.4 is 0 Å². The first-order valence-corrected chi connectivity index (χ1v) is 7.52. The van der Waals surface area contributed by atoms with Crippen LogP contribution in [0.15, 0.2) is 51.1 Å². The molecule has 2 aromatic heterocycles. The molecular formula is C15H9N5O3S. The second-order valence-electron chi connectivity index (χ2n) is 4.73. The molecule has 0 spiro atoms. The fourth-order valence-corrected chi connectivity index (χ4v) is 2.53. The third-order valence-corrected chi connectivity index (χ3v) is 3.82. The van der Waals surface area contributed by atoms with Crippen LogP contribution in [0.5, 0.6) is 0 Å². The Morgan fingerprint density at radius 1 is 1.21 bits per heavy atom. The summed E-state index contributed by atoms with van der Waals surface area (Å²) in [6.07, 6.45) is 0. The SMILES string of the molecule is Cc1ccc(-c2nnc(Sc3ccc([N+](=O)[O-])c(C#N)n3)o2)cc1. The zero-order valence-corrected chi connectivity index (χ0v) is 13.1. The Hall–Kier alpha value is -3.25. The quantitative estimate of drug-likeness (QED) is 0.524. The first-order chi connectivity index (χ1) is 11.6. The Morgan fingerprint density at radius 3 is 2.62 bits per heavy atom. The molecule has 3 aromatic rings. The Bertz CT molecular complexity index is 946. The van der Waals surface area contributed by atoms with Gasteiger partial charge in [-0.3, -0.25) is 10.1 Å². The van der Waals surface area contributed by atoms with Gasteiger partial charge in [-0.15, -0.1) is 10.2 Å². The predicted molar refractivity (Wildman–Crippen MR) is 84.2 cm³/mol. The number of benzene rings is 1. The highest BCUT2D eigenvalue weighted by molar-refractivity contribution is 7.99. The number of nitriles is 1. The number of nitro groups is 1. The lowest BCUT2D eigenvalue weighted by Crippen LogP contribution is -1.95. The third-order valence-electron chi connectivity index (χ3n) is 3.05.